The van der Waals surface area contributed by atoms with Gasteiger partial charge in [-0.3, -0.25) is 4.79 Å². The van der Waals surface area contributed by atoms with Crippen molar-refractivity contribution in [2.75, 3.05) is 7.05 Å². The minimum absolute atomic E-state index is 0.180. The number of hydrogen-bond acceptors (Lipinski definition) is 1. The molecule has 0 fully saturated rings. The van der Waals surface area contributed by atoms with Gasteiger partial charge in [0.1, 0.15) is 0 Å². The van der Waals surface area contributed by atoms with Gasteiger partial charge >= 0.3 is 0 Å². The van der Waals surface area contributed by atoms with E-state index in [-0.39, 0.29) is 5.91 Å². The summed E-state index contributed by atoms with van der Waals surface area (Å²) in [6, 6.07) is 0. The van der Waals surface area contributed by atoms with Crippen molar-refractivity contribution < 1.29 is 4.79 Å². The summed E-state index contributed by atoms with van der Waals surface area (Å²) in [5, 5.41) is 2.67. The van der Waals surface area contributed by atoms with E-state index in [1.807, 2.05) is 0 Å². The number of hydrogen-bond donors (Lipinski definition) is 1. The number of rotatable bonds is 12. The van der Waals surface area contributed by atoms with Gasteiger partial charge in [-0.1, -0.05) is 65.7 Å². The average molecular weight is 269 g/mol. The van der Waals surface area contributed by atoms with Crippen molar-refractivity contribution in [3.05, 3.63) is 0 Å². The molecule has 0 aliphatic heterocycles. The third-order valence-corrected chi connectivity index (χ3v) is 4.13. The van der Waals surface area contributed by atoms with Gasteiger partial charge < -0.3 is 5.32 Å². The predicted octanol–water partition coefficient (Wildman–Crippen LogP) is 4.93. The first-order valence-electron chi connectivity index (χ1n) is 8.30. The Bertz CT molecular complexity index is 215. The third kappa shape index (κ3) is 12.3. The Balaban J connectivity index is 3.24. The Hall–Kier alpha value is -0.530. The Morgan fingerprint density at radius 1 is 0.947 bits per heavy atom. The summed E-state index contributed by atoms with van der Waals surface area (Å²) < 4.78 is 0. The molecule has 2 nitrogen and oxygen atoms in total. The molecule has 0 aliphatic rings. The zero-order valence-corrected chi connectivity index (χ0v) is 13.6. The van der Waals surface area contributed by atoms with E-state index < -0.39 is 0 Å². The lowest BCUT2D eigenvalue weighted by atomic mass is 9.91. The number of unbranched alkanes of at least 4 members (excludes halogenated alkanes) is 5. The minimum atomic E-state index is 0.180. The second kappa shape index (κ2) is 12.5. The van der Waals surface area contributed by atoms with Crippen LogP contribution in [-0.2, 0) is 4.79 Å². The lowest BCUT2D eigenvalue weighted by molar-refractivity contribution is -0.120. The molecule has 1 amide bonds. The van der Waals surface area contributed by atoms with E-state index in [2.05, 4.69) is 26.1 Å². The van der Waals surface area contributed by atoms with Crippen molar-refractivity contribution in [1.82, 2.24) is 5.32 Å². The van der Waals surface area contributed by atoms with Crippen molar-refractivity contribution in [1.29, 1.82) is 0 Å². The van der Waals surface area contributed by atoms with Crippen LogP contribution in [0.3, 0.4) is 0 Å². The predicted molar refractivity (Wildman–Crippen MR) is 84.2 cm³/mol. The summed E-state index contributed by atoms with van der Waals surface area (Å²) in [6.07, 6.45) is 12.4. The van der Waals surface area contributed by atoms with Crippen LogP contribution < -0.4 is 5.32 Å². The lowest BCUT2D eigenvalue weighted by Crippen LogP contribution is -2.16. The molecule has 0 bridgehead atoms. The van der Waals surface area contributed by atoms with Crippen molar-refractivity contribution >= 4 is 5.91 Å². The second-order valence-corrected chi connectivity index (χ2v) is 6.19. The largest absolute Gasteiger partial charge is 0.359 e. The minimum Gasteiger partial charge on any atom is -0.359 e. The Morgan fingerprint density at radius 3 is 2.11 bits per heavy atom. The molecule has 2 heteroatoms. The summed E-state index contributed by atoms with van der Waals surface area (Å²) in [7, 11) is 1.71. The van der Waals surface area contributed by atoms with Gasteiger partial charge in [-0.25, -0.2) is 0 Å². The summed E-state index contributed by atoms with van der Waals surface area (Å²) in [4.78, 5) is 11.0. The smallest absolute Gasteiger partial charge is 0.219 e. The maximum Gasteiger partial charge on any atom is 0.219 e. The standard InChI is InChI=1S/C17H35NO/c1-5-15(2)14-16(3)12-10-8-6-7-9-11-13-17(19)18-4/h15-16H,5-14H2,1-4H3,(H,18,19). The first kappa shape index (κ1) is 18.5. The maximum atomic E-state index is 11.0. The monoisotopic (exact) mass is 269 g/mol. The highest BCUT2D eigenvalue weighted by Gasteiger charge is 2.06. The van der Waals surface area contributed by atoms with Crippen LogP contribution in [0, 0.1) is 11.8 Å². The number of carbonyl (C=O) groups excluding carboxylic acids is 1. The summed E-state index contributed by atoms with van der Waals surface area (Å²) in [5.74, 6) is 1.96. The van der Waals surface area contributed by atoms with E-state index >= 15 is 0 Å². The molecule has 0 heterocycles. The fourth-order valence-electron chi connectivity index (χ4n) is 2.58. The van der Waals surface area contributed by atoms with Gasteiger partial charge in [0.2, 0.25) is 5.91 Å². The van der Waals surface area contributed by atoms with Crippen molar-refractivity contribution in [2.24, 2.45) is 11.8 Å². The fourth-order valence-corrected chi connectivity index (χ4v) is 2.58. The summed E-state index contributed by atoms with van der Waals surface area (Å²) in [6.45, 7) is 7.05. The van der Waals surface area contributed by atoms with Gasteiger partial charge in [-0.15, -0.1) is 0 Å². The van der Waals surface area contributed by atoms with Crippen LogP contribution in [0.1, 0.15) is 85.0 Å². The molecule has 0 saturated heterocycles. The molecular weight excluding hydrogens is 234 g/mol. The number of amides is 1. The van der Waals surface area contributed by atoms with Crippen molar-refractivity contribution in [2.45, 2.75) is 85.0 Å². The Morgan fingerprint density at radius 2 is 1.53 bits per heavy atom. The zero-order chi connectivity index (χ0) is 14.5. The van der Waals surface area contributed by atoms with Gasteiger partial charge in [-0.2, -0.15) is 0 Å². The van der Waals surface area contributed by atoms with Crippen LogP contribution in [0.2, 0.25) is 0 Å². The molecule has 0 radical (unpaired) electrons. The highest BCUT2D eigenvalue weighted by atomic mass is 16.1. The van der Waals surface area contributed by atoms with E-state index in [1.165, 1.54) is 51.4 Å². The number of carbonyl (C=O) groups is 1. The lowest BCUT2D eigenvalue weighted by Gasteiger charge is -2.15. The van der Waals surface area contributed by atoms with E-state index in [1.54, 1.807) is 7.05 Å². The van der Waals surface area contributed by atoms with E-state index in [9.17, 15) is 4.79 Å². The van der Waals surface area contributed by atoms with Crippen LogP contribution >= 0.6 is 0 Å². The van der Waals surface area contributed by atoms with Crippen molar-refractivity contribution in [3.8, 4) is 0 Å². The van der Waals surface area contributed by atoms with Crippen LogP contribution in [0.4, 0.5) is 0 Å². The van der Waals surface area contributed by atoms with Gasteiger partial charge in [-0.05, 0) is 24.7 Å². The van der Waals surface area contributed by atoms with Gasteiger partial charge in [0, 0.05) is 13.5 Å². The molecule has 0 aliphatic carbocycles. The first-order chi connectivity index (χ1) is 9.10. The molecule has 0 saturated carbocycles. The SMILES string of the molecule is CCC(C)CC(C)CCCCCCCCC(=O)NC. The molecule has 0 spiro atoms. The highest BCUT2D eigenvalue weighted by Crippen LogP contribution is 2.20. The normalized spacial score (nSPS) is 14.1. The molecule has 0 aromatic heterocycles. The van der Waals surface area contributed by atoms with E-state index in [0.29, 0.717) is 6.42 Å². The van der Waals surface area contributed by atoms with Gasteiger partial charge in [0.15, 0.2) is 0 Å². The molecule has 0 rings (SSSR count). The van der Waals surface area contributed by atoms with Crippen LogP contribution in [0.5, 0.6) is 0 Å². The van der Waals surface area contributed by atoms with Gasteiger partial charge in [0.05, 0.1) is 0 Å². The average Bonchev–Trinajstić information content (AvgIpc) is 2.41. The van der Waals surface area contributed by atoms with Crippen LogP contribution in [0.25, 0.3) is 0 Å². The van der Waals surface area contributed by atoms with E-state index in [0.717, 1.165) is 18.3 Å². The molecule has 0 aromatic rings. The Labute approximate surface area is 120 Å². The zero-order valence-electron chi connectivity index (χ0n) is 13.6. The quantitative estimate of drug-likeness (QED) is 0.500. The maximum absolute atomic E-state index is 11.0. The third-order valence-electron chi connectivity index (χ3n) is 4.13. The number of nitrogens with one attached hydrogen (secondary N) is 1. The highest BCUT2D eigenvalue weighted by molar-refractivity contribution is 5.75. The van der Waals surface area contributed by atoms with Crippen molar-refractivity contribution in [3.63, 3.8) is 0 Å². The first-order valence-corrected chi connectivity index (χ1v) is 8.30. The second-order valence-electron chi connectivity index (χ2n) is 6.19. The van der Waals surface area contributed by atoms with Gasteiger partial charge in [0.25, 0.3) is 0 Å². The Kier molecular flexibility index (Phi) is 12.2. The molecular formula is C17H35NO. The molecule has 114 valence electrons. The summed E-state index contributed by atoms with van der Waals surface area (Å²) >= 11 is 0. The molecule has 2 unspecified atom stereocenters. The molecule has 1 N–H and O–H groups in total. The molecule has 19 heavy (non-hydrogen) atoms. The summed E-state index contributed by atoms with van der Waals surface area (Å²) in [5.41, 5.74) is 0. The molecule has 0 aromatic carbocycles. The van der Waals surface area contributed by atoms with Crippen LogP contribution in [0.15, 0.2) is 0 Å². The van der Waals surface area contributed by atoms with E-state index in [4.69, 9.17) is 0 Å². The topological polar surface area (TPSA) is 29.1 Å². The molecule has 2 atom stereocenters. The van der Waals surface area contributed by atoms with Crippen LogP contribution in [-0.4, -0.2) is 13.0 Å². The fraction of sp³-hybridized carbons (Fsp3) is 0.941.